The van der Waals surface area contributed by atoms with Crippen molar-refractivity contribution in [3.05, 3.63) is 18.2 Å². The molecule has 1 heterocycles. The molecule has 76 valence electrons. The van der Waals surface area contributed by atoms with Gasteiger partial charge >= 0.3 is 0 Å². The Balaban J connectivity index is 2.24. The van der Waals surface area contributed by atoms with Crippen molar-refractivity contribution >= 4 is 17.1 Å². The van der Waals surface area contributed by atoms with Gasteiger partial charge in [-0.2, -0.15) is 0 Å². The number of benzene rings is 1. The van der Waals surface area contributed by atoms with Crippen LogP contribution in [0.5, 0.6) is 0 Å². The van der Waals surface area contributed by atoms with Crippen LogP contribution in [0.15, 0.2) is 18.2 Å². The minimum atomic E-state index is 0.671. The quantitative estimate of drug-likeness (QED) is 0.703. The maximum atomic E-state index is 5.77. The van der Waals surface area contributed by atoms with Gasteiger partial charge in [0.1, 0.15) is 0 Å². The largest absolute Gasteiger partial charge is 0.399 e. The van der Waals surface area contributed by atoms with Gasteiger partial charge in [0.05, 0.1) is 18.0 Å². The first kappa shape index (κ1) is 9.19. The standard InChI is InChI=1S/C11H17N3/c1-8(2)6-14-7-13-10-4-3-9(12)5-11(10)14/h3-5,8,13H,6-7,12H2,1-2H3. The van der Waals surface area contributed by atoms with Gasteiger partial charge in [-0.05, 0) is 24.1 Å². The number of nitrogens with two attached hydrogens (primary N) is 1. The van der Waals surface area contributed by atoms with Gasteiger partial charge in [-0.25, -0.2) is 0 Å². The average Bonchev–Trinajstić information content (AvgIpc) is 2.47. The molecule has 0 saturated heterocycles. The fraction of sp³-hybridized carbons (Fsp3) is 0.455. The zero-order valence-corrected chi connectivity index (χ0v) is 8.75. The van der Waals surface area contributed by atoms with E-state index in [4.69, 9.17) is 5.73 Å². The molecule has 0 spiro atoms. The molecule has 3 nitrogen and oxygen atoms in total. The number of nitrogens with zero attached hydrogens (tertiary/aromatic N) is 1. The number of nitrogens with one attached hydrogen (secondary N) is 1. The number of nitrogen functional groups attached to an aromatic ring is 1. The fourth-order valence-electron chi connectivity index (χ4n) is 1.83. The van der Waals surface area contributed by atoms with Crippen LogP contribution in [0.1, 0.15) is 13.8 Å². The number of hydrogen-bond donors (Lipinski definition) is 2. The zero-order chi connectivity index (χ0) is 10.1. The smallest absolute Gasteiger partial charge is 0.0877 e. The summed E-state index contributed by atoms with van der Waals surface area (Å²) >= 11 is 0. The fourth-order valence-corrected chi connectivity index (χ4v) is 1.83. The Hall–Kier alpha value is -1.38. The highest BCUT2D eigenvalue weighted by Gasteiger charge is 2.18. The number of anilines is 3. The van der Waals surface area contributed by atoms with Gasteiger partial charge in [0.2, 0.25) is 0 Å². The van der Waals surface area contributed by atoms with E-state index in [1.54, 1.807) is 0 Å². The highest BCUT2D eigenvalue weighted by Crippen LogP contribution is 2.33. The predicted octanol–water partition coefficient (Wildman–Crippen LogP) is 2.11. The molecule has 0 fully saturated rings. The predicted molar refractivity (Wildman–Crippen MR) is 61.5 cm³/mol. The van der Waals surface area contributed by atoms with Gasteiger partial charge < -0.3 is 16.0 Å². The van der Waals surface area contributed by atoms with Gasteiger partial charge in [-0.3, -0.25) is 0 Å². The van der Waals surface area contributed by atoms with E-state index in [1.807, 2.05) is 18.2 Å². The van der Waals surface area contributed by atoms with Gasteiger partial charge in [-0.15, -0.1) is 0 Å². The zero-order valence-electron chi connectivity index (χ0n) is 8.75. The molecule has 1 aromatic rings. The van der Waals surface area contributed by atoms with Gasteiger partial charge in [-0.1, -0.05) is 13.8 Å². The van der Waals surface area contributed by atoms with Gasteiger partial charge in [0, 0.05) is 12.2 Å². The summed E-state index contributed by atoms with van der Waals surface area (Å²) in [6.07, 6.45) is 0. The van der Waals surface area contributed by atoms with Crippen molar-refractivity contribution in [1.82, 2.24) is 0 Å². The molecule has 0 saturated carbocycles. The van der Waals surface area contributed by atoms with E-state index in [9.17, 15) is 0 Å². The van der Waals surface area contributed by atoms with Crippen LogP contribution in [-0.4, -0.2) is 13.2 Å². The molecule has 0 atom stereocenters. The van der Waals surface area contributed by atoms with Gasteiger partial charge in [0.15, 0.2) is 0 Å². The summed E-state index contributed by atoms with van der Waals surface area (Å²) in [6.45, 7) is 6.43. The second-order valence-electron chi connectivity index (χ2n) is 4.23. The maximum absolute atomic E-state index is 5.77. The molecule has 14 heavy (non-hydrogen) atoms. The molecule has 0 amide bonds. The van der Waals surface area contributed by atoms with Crippen LogP contribution in [0.4, 0.5) is 17.1 Å². The minimum Gasteiger partial charge on any atom is -0.399 e. The van der Waals surface area contributed by atoms with Crippen LogP contribution >= 0.6 is 0 Å². The Kier molecular flexibility index (Phi) is 2.23. The minimum absolute atomic E-state index is 0.671. The number of fused-ring (bicyclic) bond motifs is 1. The Morgan fingerprint density at radius 1 is 1.50 bits per heavy atom. The molecule has 0 aromatic heterocycles. The van der Waals surface area contributed by atoms with E-state index < -0.39 is 0 Å². The summed E-state index contributed by atoms with van der Waals surface area (Å²) < 4.78 is 0. The lowest BCUT2D eigenvalue weighted by Gasteiger charge is -2.20. The van der Waals surface area contributed by atoms with E-state index >= 15 is 0 Å². The van der Waals surface area contributed by atoms with E-state index in [1.165, 1.54) is 11.4 Å². The molecule has 3 N–H and O–H groups in total. The van der Waals surface area contributed by atoms with Crippen molar-refractivity contribution < 1.29 is 0 Å². The molecule has 0 radical (unpaired) electrons. The lowest BCUT2D eigenvalue weighted by molar-refractivity contribution is 0.628. The van der Waals surface area contributed by atoms with E-state index in [0.717, 1.165) is 18.9 Å². The van der Waals surface area contributed by atoms with Crippen LogP contribution in [0.2, 0.25) is 0 Å². The Labute approximate surface area is 84.9 Å². The first-order valence-corrected chi connectivity index (χ1v) is 5.05. The monoisotopic (exact) mass is 191 g/mol. The summed E-state index contributed by atoms with van der Waals surface area (Å²) in [5.74, 6) is 0.671. The average molecular weight is 191 g/mol. The Morgan fingerprint density at radius 2 is 2.29 bits per heavy atom. The Morgan fingerprint density at radius 3 is 3.00 bits per heavy atom. The van der Waals surface area contributed by atoms with Crippen molar-refractivity contribution in [1.29, 1.82) is 0 Å². The normalized spacial score (nSPS) is 14.4. The van der Waals surface area contributed by atoms with E-state index in [2.05, 4.69) is 24.1 Å². The highest BCUT2D eigenvalue weighted by molar-refractivity contribution is 5.78. The Bertz CT molecular complexity index is 333. The molecule has 0 bridgehead atoms. The molecule has 2 rings (SSSR count). The summed E-state index contributed by atoms with van der Waals surface area (Å²) in [6, 6.07) is 6.02. The van der Waals surface area contributed by atoms with Crippen molar-refractivity contribution in [3.63, 3.8) is 0 Å². The third-order valence-electron chi connectivity index (χ3n) is 2.41. The molecule has 0 aliphatic carbocycles. The van der Waals surface area contributed by atoms with Crippen molar-refractivity contribution in [2.75, 3.05) is 29.2 Å². The van der Waals surface area contributed by atoms with E-state index in [-0.39, 0.29) is 0 Å². The van der Waals surface area contributed by atoms with Crippen molar-refractivity contribution in [2.45, 2.75) is 13.8 Å². The molecule has 3 heteroatoms. The van der Waals surface area contributed by atoms with Crippen LogP contribution < -0.4 is 16.0 Å². The molecular weight excluding hydrogens is 174 g/mol. The van der Waals surface area contributed by atoms with Crippen molar-refractivity contribution in [2.24, 2.45) is 5.92 Å². The number of hydrogen-bond acceptors (Lipinski definition) is 3. The maximum Gasteiger partial charge on any atom is 0.0877 e. The molecule has 1 aliphatic heterocycles. The third-order valence-corrected chi connectivity index (χ3v) is 2.41. The second-order valence-corrected chi connectivity index (χ2v) is 4.23. The molecule has 0 unspecified atom stereocenters. The molecular formula is C11H17N3. The summed E-state index contributed by atoms with van der Waals surface area (Å²) in [4.78, 5) is 2.33. The van der Waals surface area contributed by atoms with Crippen LogP contribution in [0.25, 0.3) is 0 Å². The number of rotatable bonds is 2. The first-order chi connectivity index (χ1) is 6.66. The SMILES string of the molecule is CC(C)CN1CNc2ccc(N)cc21. The molecule has 1 aliphatic rings. The second kappa shape index (κ2) is 3.40. The summed E-state index contributed by atoms with van der Waals surface area (Å²) in [7, 11) is 0. The van der Waals surface area contributed by atoms with Crippen LogP contribution in [0, 0.1) is 5.92 Å². The summed E-state index contributed by atoms with van der Waals surface area (Å²) in [5, 5.41) is 3.35. The lowest BCUT2D eigenvalue weighted by atomic mass is 10.2. The topological polar surface area (TPSA) is 41.3 Å². The summed E-state index contributed by atoms with van der Waals surface area (Å²) in [5.41, 5.74) is 9.03. The van der Waals surface area contributed by atoms with Gasteiger partial charge in [0.25, 0.3) is 0 Å². The van der Waals surface area contributed by atoms with Crippen molar-refractivity contribution in [3.8, 4) is 0 Å². The highest BCUT2D eigenvalue weighted by atomic mass is 15.3. The lowest BCUT2D eigenvalue weighted by Crippen LogP contribution is -2.27. The van der Waals surface area contributed by atoms with E-state index in [0.29, 0.717) is 5.92 Å². The van der Waals surface area contributed by atoms with Crippen LogP contribution in [-0.2, 0) is 0 Å². The third kappa shape index (κ3) is 1.62. The molecule has 1 aromatic carbocycles. The first-order valence-electron chi connectivity index (χ1n) is 5.05. The van der Waals surface area contributed by atoms with Crippen LogP contribution in [0.3, 0.4) is 0 Å².